The van der Waals surface area contributed by atoms with Crippen LogP contribution in [-0.4, -0.2) is 5.11 Å². The Morgan fingerprint density at radius 3 is 2.42 bits per heavy atom. The lowest BCUT2D eigenvalue weighted by molar-refractivity contribution is 0.235. The number of nitrogens with zero attached hydrogens (tertiary/aromatic N) is 1. The number of hydrogen-bond donors (Lipinski definition) is 1. The van der Waals surface area contributed by atoms with Crippen molar-refractivity contribution in [2.75, 3.05) is 0 Å². The van der Waals surface area contributed by atoms with E-state index < -0.39 is 17.7 Å². The lowest BCUT2D eigenvalue weighted by atomic mass is 10.1. The summed E-state index contributed by atoms with van der Waals surface area (Å²) < 4.78 is 31.5. The van der Waals surface area contributed by atoms with Gasteiger partial charge in [-0.25, -0.2) is 8.78 Å². The zero-order valence-corrected chi connectivity index (χ0v) is 9.68. The quantitative estimate of drug-likeness (QED) is 0.862. The fourth-order valence-electron chi connectivity index (χ4n) is 1.47. The third-order valence-corrected chi connectivity index (χ3v) is 2.43. The van der Waals surface area contributed by atoms with E-state index in [2.05, 4.69) is 0 Å². The van der Waals surface area contributed by atoms with E-state index in [9.17, 15) is 13.9 Å². The van der Waals surface area contributed by atoms with Crippen LogP contribution in [0, 0.1) is 23.0 Å². The highest BCUT2D eigenvalue weighted by molar-refractivity contribution is 5.37. The van der Waals surface area contributed by atoms with Gasteiger partial charge in [0.25, 0.3) is 0 Å². The molecule has 0 aliphatic heterocycles. The maximum absolute atomic E-state index is 13.5. The predicted molar refractivity (Wildman–Crippen MR) is 63.4 cm³/mol. The van der Waals surface area contributed by atoms with Crippen LogP contribution in [0.5, 0.6) is 11.5 Å². The molecule has 0 saturated carbocycles. The van der Waals surface area contributed by atoms with E-state index in [4.69, 9.17) is 10.00 Å². The van der Waals surface area contributed by atoms with Crippen LogP contribution in [0.3, 0.4) is 0 Å². The van der Waals surface area contributed by atoms with Gasteiger partial charge >= 0.3 is 0 Å². The average Bonchev–Trinajstić information content (AvgIpc) is 2.43. The van der Waals surface area contributed by atoms with Crippen LogP contribution in [0.1, 0.15) is 11.7 Å². The molecule has 0 bridgehead atoms. The SMILES string of the molecule is N#CC(O)c1ccc(F)c(Oc2ccc(F)cc2)c1. The van der Waals surface area contributed by atoms with Crippen LogP contribution in [0.15, 0.2) is 42.5 Å². The number of rotatable bonds is 3. The van der Waals surface area contributed by atoms with Gasteiger partial charge in [0, 0.05) is 0 Å². The predicted octanol–water partition coefficient (Wildman–Crippen LogP) is 3.31. The van der Waals surface area contributed by atoms with Gasteiger partial charge in [0.2, 0.25) is 0 Å². The summed E-state index contributed by atoms with van der Waals surface area (Å²) in [6.07, 6.45) is -1.35. The van der Waals surface area contributed by atoms with Crippen LogP contribution < -0.4 is 4.74 Å². The van der Waals surface area contributed by atoms with Gasteiger partial charge in [-0.2, -0.15) is 5.26 Å². The van der Waals surface area contributed by atoms with Crippen molar-refractivity contribution in [1.82, 2.24) is 0 Å². The first kappa shape index (κ1) is 13.0. The monoisotopic (exact) mass is 261 g/mol. The Hall–Kier alpha value is -2.45. The summed E-state index contributed by atoms with van der Waals surface area (Å²) in [4.78, 5) is 0. The topological polar surface area (TPSA) is 53.2 Å². The molecule has 0 fully saturated rings. The zero-order valence-electron chi connectivity index (χ0n) is 9.68. The van der Waals surface area contributed by atoms with Crippen molar-refractivity contribution in [3.63, 3.8) is 0 Å². The Balaban J connectivity index is 2.29. The van der Waals surface area contributed by atoms with Gasteiger partial charge in [0.15, 0.2) is 17.7 Å². The van der Waals surface area contributed by atoms with Gasteiger partial charge in [-0.1, -0.05) is 6.07 Å². The molecule has 0 radical (unpaired) electrons. The molecule has 0 spiro atoms. The highest BCUT2D eigenvalue weighted by Gasteiger charge is 2.11. The minimum atomic E-state index is -1.35. The normalized spacial score (nSPS) is 11.7. The minimum absolute atomic E-state index is 0.140. The van der Waals surface area contributed by atoms with Crippen molar-refractivity contribution < 1.29 is 18.6 Å². The molecule has 0 aliphatic carbocycles. The van der Waals surface area contributed by atoms with E-state index in [-0.39, 0.29) is 17.1 Å². The van der Waals surface area contributed by atoms with Gasteiger partial charge in [0.1, 0.15) is 11.6 Å². The van der Waals surface area contributed by atoms with Crippen LogP contribution in [0.25, 0.3) is 0 Å². The van der Waals surface area contributed by atoms with Crippen molar-refractivity contribution in [3.05, 3.63) is 59.7 Å². The second kappa shape index (κ2) is 5.46. The molecule has 0 aliphatic rings. The lowest BCUT2D eigenvalue weighted by Crippen LogP contribution is -1.96. The molecule has 0 saturated heterocycles. The third kappa shape index (κ3) is 3.06. The molecule has 96 valence electrons. The number of nitriles is 1. The minimum Gasteiger partial charge on any atom is -0.454 e. The first-order valence-corrected chi connectivity index (χ1v) is 5.40. The fraction of sp³-hybridized carbons (Fsp3) is 0.0714. The summed E-state index contributed by atoms with van der Waals surface area (Å²) in [6.45, 7) is 0. The largest absolute Gasteiger partial charge is 0.454 e. The van der Waals surface area contributed by atoms with Gasteiger partial charge in [-0.3, -0.25) is 0 Å². The maximum Gasteiger partial charge on any atom is 0.166 e. The Morgan fingerprint density at radius 1 is 1.11 bits per heavy atom. The summed E-state index contributed by atoms with van der Waals surface area (Å²) in [6, 6.07) is 10.3. The van der Waals surface area contributed by atoms with Gasteiger partial charge in [-0.05, 0) is 42.0 Å². The van der Waals surface area contributed by atoms with E-state index in [1.165, 1.54) is 36.4 Å². The van der Waals surface area contributed by atoms with E-state index >= 15 is 0 Å². The number of halogens is 2. The summed E-state index contributed by atoms with van der Waals surface area (Å²) in [5.41, 5.74) is 0.223. The number of benzene rings is 2. The number of aliphatic hydroxyl groups excluding tert-OH is 1. The van der Waals surface area contributed by atoms with E-state index in [0.717, 1.165) is 6.07 Å². The Bertz CT molecular complexity index is 620. The first-order chi connectivity index (χ1) is 9.10. The highest BCUT2D eigenvalue weighted by atomic mass is 19.1. The van der Waals surface area contributed by atoms with Gasteiger partial charge in [0.05, 0.1) is 6.07 Å². The molecular weight excluding hydrogens is 252 g/mol. The molecule has 2 aromatic carbocycles. The lowest BCUT2D eigenvalue weighted by Gasteiger charge is -2.09. The third-order valence-electron chi connectivity index (χ3n) is 2.43. The van der Waals surface area contributed by atoms with Crippen molar-refractivity contribution in [2.45, 2.75) is 6.10 Å². The van der Waals surface area contributed by atoms with Crippen LogP contribution in [-0.2, 0) is 0 Å². The molecule has 0 aromatic heterocycles. The molecule has 5 heteroatoms. The molecule has 1 unspecified atom stereocenters. The average molecular weight is 261 g/mol. The number of hydrogen-bond acceptors (Lipinski definition) is 3. The van der Waals surface area contributed by atoms with Crippen molar-refractivity contribution in [3.8, 4) is 17.6 Å². The summed E-state index contributed by atoms with van der Waals surface area (Å²) >= 11 is 0. The first-order valence-electron chi connectivity index (χ1n) is 5.40. The van der Waals surface area contributed by atoms with E-state index in [1.54, 1.807) is 6.07 Å². The molecule has 1 atom stereocenters. The van der Waals surface area contributed by atoms with Crippen LogP contribution in [0.4, 0.5) is 8.78 Å². The molecule has 3 nitrogen and oxygen atoms in total. The van der Waals surface area contributed by atoms with Gasteiger partial charge < -0.3 is 9.84 Å². The van der Waals surface area contributed by atoms with Crippen LogP contribution in [0.2, 0.25) is 0 Å². The molecular formula is C14H9F2NO2. The molecule has 2 aromatic rings. The standard InChI is InChI=1S/C14H9F2NO2/c15-10-2-4-11(5-3-10)19-14-7-9(13(18)8-17)1-6-12(14)16/h1-7,13,18H. The van der Waals surface area contributed by atoms with Crippen molar-refractivity contribution >= 4 is 0 Å². The summed E-state index contributed by atoms with van der Waals surface area (Å²) in [7, 11) is 0. The number of ether oxygens (including phenoxy) is 1. The summed E-state index contributed by atoms with van der Waals surface area (Å²) in [5.74, 6) is -0.956. The second-order valence-corrected chi connectivity index (χ2v) is 3.78. The molecule has 19 heavy (non-hydrogen) atoms. The fourth-order valence-corrected chi connectivity index (χ4v) is 1.47. The molecule has 1 N–H and O–H groups in total. The van der Waals surface area contributed by atoms with Crippen molar-refractivity contribution in [1.29, 1.82) is 5.26 Å². The molecule has 2 rings (SSSR count). The maximum atomic E-state index is 13.5. The smallest absolute Gasteiger partial charge is 0.166 e. The van der Waals surface area contributed by atoms with Gasteiger partial charge in [-0.15, -0.1) is 0 Å². The highest BCUT2D eigenvalue weighted by Crippen LogP contribution is 2.27. The Labute approximate surface area is 108 Å². The number of aliphatic hydroxyl groups is 1. The van der Waals surface area contributed by atoms with E-state index in [0.29, 0.717) is 0 Å². The van der Waals surface area contributed by atoms with Crippen molar-refractivity contribution in [2.24, 2.45) is 0 Å². The van der Waals surface area contributed by atoms with E-state index in [1.807, 2.05) is 0 Å². The Morgan fingerprint density at radius 2 is 1.79 bits per heavy atom. The zero-order chi connectivity index (χ0) is 13.8. The summed E-state index contributed by atoms with van der Waals surface area (Å²) in [5, 5.41) is 18.0. The molecule has 0 amide bonds. The second-order valence-electron chi connectivity index (χ2n) is 3.78. The molecule has 0 heterocycles. The Kier molecular flexibility index (Phi) is 3.74. The van der Waals surface area contributed by atoms with Crippen LogP contribution >= 0.6 is 0 Å².